The van der Waals surface area contributed by atoms with Crippen LogP contribution in [0.15, 0.2) is 4.47 Å². The lowest BCUT2D eigenvalue weighted by Gasteiger charge is -2.24. The minimum atomic E-state index is -0.267. The third kappa shape index (κ3) is 3.79. The summed E-state index contributed by atoms with van der Waals surface area (Å²) in [7, 11) is 3.66. The number of aromatic nitrogens is 2. The van der Waals surface area contributed by atoms with Crippen molar-refractivity contribution in [3.05, 3.63) is 15.9 Å². The third-order valence-corrected chi connectivity index (χ3v) is 3.87. The molecule has 1 rings (SSSR count). The minimum absolute atomic E-state index is 0.267. The van der Waals surface area contributed by atoms with Crippen LogP contribution in [-0.2, 0) is 24.6 Å². The van der Waals surface area contributed by atoms with Crippen molar-refractivity contribution < 1.29 is 4.74 Å². The zero-order valence-electron chi connectivity index (χ0n) is 11.1. The first-order valence-corrected chi connectivity index (χ1v) is 6.68. The van der Waals surface area contributed by atoms with Gasteiger partial charge in [0.2, 0.25) is 0 Å². The van der Waals surface area contributed by atoms with E-state index in [4.69, 9.17) is 10.5 Å². The Hall–Kier alpha value is -0.390. The molecule has 17 heavy (non-hydrogen) atoms. The summed E-state index contributed by atoms with van der Waals surface area (Å²) in [6, 6.07) is 0. The van der Waals surface area contributed by atoms with Crippen molar-refractivity contribution in [2.24, 2.45) is 12.8 Å². The molecule has 1 aromatic heterocycles. The molecule has 1 unspecified atom stereocenters. The van der Waals surface area contributed by atoms with Gasteiger partial charge in [-0.15, -0.1) is 0 Å². The molecule has 0 saturated carbocycles. The number of nitrogens with two attached hydrogens (primary N) is 1. The molecule has 5 heteroatoms. The molecule has 98 valence electrons. The van der Waals surface area contributed by atoms with E-state index in [0.717, 1.165) is 35.1 Å². The van der Waals surface area contributed by atoms with Crippen LogP contribution in [0.4, 0.5) is 0 Å². The first-order valence-electron chi connectivity index (χ1n) is 5.89. The average Bonchev–Trinajstić information content (AvgIpc) is 2.53. The zero-order chi connectivity index (χ0) is 13.1. The molecular formula is C12H22BrN3O. The molecule has 0 aliphatic carbocycles. The van der Waals surface area contributed by atoms with Gasteiger partial charge in [-0.25, -0.2) is 0 Å². The molecule has 0 saturated heterocycles. The molecule has 0 fully saturated rings. The minimum Gasteiger partial charge on any atom is -0.385 e. The van der Waals surface area contributed by atoms with Crippen LogP contribution in [0.25, 0.3) is 0 Å². The Labute approximate surface area is 112 Å². The molecule has 0 bridgehead atoms. The molecule has 4 nitrogen and oxygen atoms in total. The number of nitrogens with zero attached hydrogens (tertiary/aromatic N) is 2. The molecule has 1 heterocycles. The number of methoxy groups -OCH3 is 1. The summed E-state index contributed by atoms with van der Waals surface area (Å²) in [4.78, 5) is 0. The maximum absolute atomic E-state index is 6.28. The van der Waals surface area contributed by atoms with E-state index in [1.54, 1.807) is 7.11 Å². The van der Waals surface area contributed by atoms with Crippen molar-refractivity contribution in [3.63, 3.8) is 0 Å². The van der Waals surface area contributed by atoms with Gasteiger partial charge in [0.25, 0.3) is 0 Å². The van der Waals surface area contributed by atoms with Crippen LogP contribution in [0.3, 0.4) is 0 Å². The average molecular weight is 304 g/mol. The highest BCUT2D eigenvalue weighted by atomic mass is 79.9. The lowest BCUT2D eigenvalue weighted by atomic mass is 9.93. The predicted octanol–water partition coefficient (Wildman–Crippen LogP) is 2.04. The van der Waals surface area contributed by atoms with Gasteiger partial charge in [0.15, 0.2) is 0 Å². The monoisotopic (exact) mass is 303 g/mol. The summed E-state index contributed by atoms with van der Waals surface area (Å²) >= 11 is 3.61. The van der Waals surface area contributed by atoms with Crippen LogP contribution < -0.4 is 5.73 Å². The van der Waals surface area contributed by atoms with E-state index in [1.165, 1.54) is 0 Å². The summed E-state index contributed by atoms with van der Waals surface area (Å²) in [6.07, 6.45) is 2.55. The summed E-state index contributed by atoms with van der Waals surface area (Å²) < 4.78 is 8.10. The normalized spacial score (nSPS) is 14.9. The van der Waals surface area contributed by atoms with E-state index in [0.29, 0.717) is 6.61 Å². The third-order valence-electron chi connectivity index (χ3n) is 2.95. The molecule has 0 radical (unpaired) electrons. The quantitative estimate of drug-likeness (QED) is 0.875. The summed E-state index contributed by atoms with van der Waals surface area (Å²) in [6.45, 7) is 4.84. The molecular weight excluding hydrogens is 282 g/mol. The fraction of sp³-hybridized carbons (Fsp3) is 0.750. The maximum Gasteiger partial charge on any atom is 0.0766 e. The lowest BCUT2D eigenvalue weighted by molar-refractivity contribution is 0.171. The number of rotatable bonds is 6. The SMILES string of the molecule is CCc1nn(C)c(CC(C)(N)CCOC)c1Br. The van der Waals surface area contributed by atoms with Crippen molar-refractivity contribution in [1.29, 1.82) is 0 Å². The summed E-state index contributed by atoms with van der Waals surface area (Å²) in [5.41, 5.74) is 8.26. The number of hydrogen-bond donors (Lipinski definition) is 1. The number of ether oxygens (including phenoxy) is 1. The molecule has 0 amide bonds. The molecule has 1 aromatic rings. The first-order chi connectivity index (χ1) is 7.91. The number of hydrogen-bond acceptors (Lipinski definition) is 3. The highest BCUT2D eigenvalue weighted by Gasteiger charge is 2.23. The number of halogens is 1. The second-order valence-corrected chi connectivity index (χ2v) is 5.55. The maximum atomic E-state index is 6.28. The fourth-order valence-electron chi connectivity index (χ4n) is 1.82. The van der Waals surface area contributed by atoms with Gasteiger partial charge in [-0.3, -0.25) is 4.68 Å². The second-order valence-electron chi connectivity index (χ2n) is 4.76. The Bertz CT molecular complexity index is 374. The van der Waals surface area contributed by atoms with Gasteiger partial charge in [-0.05, 0) is 35.7 Å². The van der Waals surface area contributed by atoms with Crippen LogP contribution in [0.1, 0.15) is 31.7 Å². The zero-order valence-corrected chi connectivity index (χ0v) is 12.7. The molecule has 0 aliphatic rings. The van der Waals surface area contributed by atoms with Crippen molar-refractivity contribution in [2.45, 2.75) is 38.6 Å². The van der Waals surface area contributed by atoms with E-state index in [9.17, 15) is 0 Å². The highest BCUT2D eigenvalue weighted by Crippen LogP contribution is 2.25. The number of aryl methyl sites for hydroxylation is 2. The van der Waals surface area contributed by atoms with Crippen LogP contribution in [0.5, 0.6) is 0 Å². The van der Waals surface area contributed by atoms with E-state index >= 15 is 0 Å². The van der Waals surface area contributed by atoms with Crippen LogP contribution in [0.2, 0.25) is 0 Å². The molecule has 0 aromatic carbocycles. The highest BCUT2D eigenvalue weighted by molar-refractivity contribution is 9.10. The van der Waals surface area contributed by atoms with Gasteiger partial charge in [-0.1, -0.05) is 6.92 Å². The topological polar surface area (TPSA) is 53.1 Å². The van der Waals surface area contributed by atoms with Gasteiger partial charge >= 0.3 is 0 Å². The molecule has 0 spiro atoms. The van der Waals surface area contributed by atoms with E-state index in [-0.39, 0.29) is 5.54 Å². The van der Waals surface area contributed by atoms with E-state index in [1.807, 2.05) is 11.7 Å². The van der Waals surface area contributed by atoms with E-state index < -0.39 is 0 Å². The molecule has 0 aliphatic heterocycles. The summed E-state index contributed by atoms with van der Waals surface area (Å²) in [5, 5.41) is 4.48. The first kappa shape index (κ1) is 14.7. The van der Waals surface area contributed by atoms with Crippen LogP contribution in [-0.4, -0.2) is 29.0 Å². The van der Waals surface area contributed by atoms with Gasteiger partial charge in [-0.2, -0.15) is 5.10 Å². The van der Waals surface area contributed by atoms with Crippen LogP contribution >= 0.6 is 15.9 Å². The lowest BCUT2D eigenvalue weighted by Crippen LogP contribution is -2.40. The molecule has 1 atom stereocenters. The Morgan fingerprint density at radius 3 is 2.65 bits per heavy atom. The van der Waals surface area contributed by atoms with Crippen molar-refractivity contribution in [3.8, 4) is 0 Å². The Balaban J connectivity index is 2.83. The Kier molecular flexibility index (Phi) is 5.16. The Morgan fingerprint density at radius 2 is 2.18 bits per heavy atom. The smallest absolute Gasteiger partial charge is 0.0766 e. The van der Waals surface area contributed by atoms with Crippen molar-refractivity contribution in [2.75, 3.05) is 13.7 Å². The van der Waals surface area contributed by atoms with Crippen LogP contribution in [0, 0.1) is 0 Å². The second kappa shape index (κ2) is 5.98. The van der Waals surface area contributed by atoms with Crippen molar-refractivity contribution in [1.82, 2.24) is 9.78 Å². The Morgan fingerprint density at radius 1 is 1.53 bits per heavy atom. The van der Waals surface area contributed by atoms with Gasteiger partial charge in [0.05, 0.1) is 15.9 Å². The largest absolute Gasteiger partial charge is 0.385 e. The van der Waals surface area contributed by atoms with E-state index in [2.05, 4.69) is 34.9 Å². The van der Waals surface area contributed by atoms with Crippen molar-refractivity contribution >= 4 is 15.9 Å². The predicted molar refractivity (Wildman–Crippen MR) is 73.1 cm³/mol. The standard InChI is InChI=1S/C12H22BrN3O/c1-5-9-11(13)10(16(3)15-9)8-12(2,14)6-7-17-4/h5-8,14H2,1-4H3. The van der Waals surface area contributed by atoms with Gasteiger partial charge in [0, 0.05) is 32.7 Å². The van der Waals surface area contributed by atoms with Gasteiger partial charge in [0.1, 0.15) is 0 Å². The van der Waals surface area contributed by atoms with Gasteiger partial charge < -0.3 is 10.5 Å². The summed E-state index contributed by atoms with van der Waals surface area (Å²) in [5.74, 6) is 0. The fourth-order valence-corrected chi connectivity index (χ4v) is 2.57. The molecule has 2 N–H and O–H groups in total.